The van der Waals surface area contributed by atoms with Gasteiger partial charge in [-0.05, 0) is 6.42 Å². The number of ether oxygens (including phenoxy) is 1. The molecule has 0 atom stereocenters. The highest BCUT2D eigenvalue weighted by atomic mass is 16.7. The molecule has 0 bridgehead atoms. The fraction of sp³-hybridized carbons (Fsp3) is 0.846. The van der Waals surface area contributed by atoms with E-state index in [2.05, 4.69) is 11.7 Å². The van der Waals surface area contributed by atoms with E-state index in [-0.39, 0.29) is 6.42 Å². The lowest BCUT2D eigenvalue weighted by Gasteiger charge is -2.12. The first-order valence-corrected chi connectivity index (χ1v) is 6.76. The van der Waals surface area contributed by atoms with E-state index in [1.54, 1.807) is 0 Å². The van der Waals surface area contributed by atoms with E-state index in [9.17, 15) is 9.59 Å². The van der Waals surface area contributed by atoms with Gasteiger partial charge in [-0.2, -0.15) is 0 Å². The van der Waals surface area contributed by atoms with E-state index in [0.717, 1.165) is 19.3 Å². The third-order valence-electron chi connectivity index (χ3n) is 2.63. The van der Waals surface area contributed by atoms with Gasteiger partial charge >= 0.3 is 11.9 Å². The molecule has 0 heterocycles. The molecule has 19 heavy (non-hydrogen) atoms. The second kappa shape index (κ2) is 9.89. The Morgan fingerprint density at radius 2 is 1.42 bits per heavy atom. The van der Waals surface area contributed by atoms with E-state index in [0.29, 0.717) is 6.42 Å². The molecule has 0 saturated carbocycles. The van der Waals surface area contributed by atoms with Gasteiger partial charge in [0.15, 0.2) is 0 Å². The molecule has 3 N–H and O–H groups in total. The van der Waals surface area contributed by atoms with Crippen LogP contribution in [0, 0.1) is 0 Å². The Morgan fingerprint density at radius 1 is 0.895 bits per heavy atom. The molecule has 6 heteroatoms. The zero-order valence-electron chi connectivity index (χ0n) is 11.4. The van der Waals surface area contributed by atoms with Gasteiger partial charge in [0.25, 0.3) is 5.97 Å². The summed E-state index contributed by atoms with van der Waals surface area (Å²) in [6.07, 6.45) is 5.35. The summed E-state index contributed by atoms with van der Waals surface area (Å²) in [6, 6.07) is 0. The van der Waals surface area contributed by atoms with Gasteiger partial charge in [-0.1, -0.05) is 39.0 Å². The summed E-state index contributed by atoms with van der Waals surface area (Å²) in [6.45, 7) is 2.13. The molecule has 0 rings (SSSR count). The predicted octanol–water partition coefficient (Wildman–Crippen LogP) is 1.22. The van der Waals surface area contributed by atoms with Crippen LogP contribution in [0.4, 0.5) is 0 Å². The third-order valence-corrected chi connectivity index (χ3v) is 2.63. The Hall–Kier alpha value is -0.980. The van der Waals surface area contributed by atoms with Crippen LogP contribution in [-0.2, 0) is 14.3 Å². The molecule has 112 valence electrons. The normalized spacial score (nSPS) is 11.4. The van der Waals surface area contributed by atoms with Crippen molar-refractivity contribution in [3.63, 3.8) is 0 Å². The molecule has 0 aliphatic carbocycles. The summed E-state index contributed by atoms with van der Waals surface area (Å²) >= 11 is 0. The lowest BCUT2D eigenvalue weighted by Crippen LogP contribution is -2.28. The largest absolute Gasteiger partial charge is 0.393 e. The number of rotatable bonds is 10. The van der Waals surface area contributed by atoms with Crippen LogP contribution in [0.25, 0.3) is 0 Å². The Balaban J connectivity index is 3.55. The Labute approximate surface area is 113 Å². The number of unbranched alkanes of at least 4 members (excludes halogenated alkanes) is 5. The molecule has 0 radical (unpaired) electrons. The molecule has 0 amide bonds. The zero-order valence-corrected chi connectivity index (χ0v) is 11.4. The lowest BCUT2D eigenvalue weighted by molar-refractivity contribution is -0.314. The standard InChI is InChI=1S/C13H24O6/c1-2-3-4-5-6-7-8-11(14)19-12(15)9-10-13(16,17)18/h16-18H,2-10H2,1H3. The molecule has 0 unspecified atom stereocenters. The van der Waals surface area contributed by atoms with E-state index in [1.165, 1.54) is 12.8 Å². The molecule has 0 spiro atoms. The summed E-state index contributed by atoms with van der Waals surface area (Å²) in [7, 11) is 0. The van der Waals surface area contributed by atoms with Crippen LogP contribution in [0.15, 0.2) is 0 Å². The SMILES string of the molecule is CCCCCCCCC(=O)OC(=O)CCC(O)(O)O. The highest BCUT2D eigenvalue weighted by Gasteiger charge is 2.21. The van der Waals surface area contributed by atoms with Gasteiger partial charge in [0.2, 0.25) is 0 Å². The topological polar surface area (TPSA) is 104 Å². The van der Waals surface area contributed by atoms with Crippen molar-refractivity contribution in [1.29, 1.82) is 0 Å². The van der Waals surface area contributed by atoms with Crippen molar-refractivity contribution in [3.05, 3.63) is 0 Å². The molecule has 0 aromatic carbocycles. The lowest BCUT2D eigenvalue weighted by atomic mass is 10.1. The Kier molecular flexibility index (Phi) is 9.38. The number of aliphatic hydroxyl groups is 3. The Morgan fingerprint density at radius 3 is 2.00 bits per heavy atom. The summed E-state index contributed by atoms with van der Waals surface area (Å²) in [5, 5.41) is 25.7. The molecule has 0 aliphatic rings. The van der Waals surface area contributed by atoms with Gasteiger partial charge in [-0.15, -0.1) is 0 Å². The number of carbonyl (C=O) groups excluding carboxylic acids is 2. The van der Waals surface area contributed by atoms with Crippen LogP contribution in [0.2, 0.25) is 0 Å². The number of hydrogen-bond donors (Lipinski definition) is 3. The number of hydrogen-bond acceptors (Lipinski definition) is 6. The van der Waals surface area contributed by atoms with Crippen molar-refractivity contribution in [1.82, 2.24) is 0 Å². The zero-order chi connectivity index (χ0) is 14.7. The van der Waals surface area contributed by atoms with E-state index in [4.69, 9.17) is 15.3 Å². The summed E-state index contributed by atoms with van der Waals surface area (Å²) < 4.78 is 4.46. The van der Waals surface area contributed by atoms with Gasteiger partial charge in [0.1, 0.15) is 0 Å². The maximum Gasteiger partial charge on any atom is 0.313 e. The molecule has 0 fully saturated rings. The first-order valence-electron chi connectivity index (χ1n) is 6.76. The quantitative estimate of drug-likeness (QED) is 0.240. The average molecular weight is 276 g/mol. The van der Waals surface area contributed by atoms with Crippen molar-refractivity contribution in [3.8, 4) is 0 Å². The van der Waals surface area contributed by atoms with E-state index in [1.807, 2.05) is 0 Å². The summed E-state index contributed by atoms with van der Waals surface area (Å²) in [5.41, 5.74) is 0. The monoisotopic (exact) mass is 276 g/mol. The molecule has 0 aliphatic heterocycles. The van der Waals surface area contributed by atoms with Gasteiger partial charge in [-0.25, -0.2) is 0 Å². The van der Waals surface area contributed by atoms with Gasteiger partial charge < -0.3 is 20.1 Å². The first-order chi connectivity index (χ1) is 8.85. The van der Waals surface area contributed by atoms with E-state index < -0.39 is 30.8 Å². The summed E-state index contributed by atoms with van der Waals surface area (Å²) in [4.78, 5) is 22.3. The fourth-order valence-corrected chi connectivity index (χ4v) is 1.55. The first kappa shape index (κ1) is 18.0. The van der Waals surface area contributed by atoms with Crippen LogP contribution in [-0.4, -0.2) is 33.2 Å². The van der Waals surface area contributed by atoms with Crippen LogP contribution >= 0.6 is 0 Å². The van der Waals surface area contributed by atoms with Crippen molar-refractivity contribution in [2.45, 2.75) is 70.7 Å². The van der Waals surface area contributed by atoms with E-state index >= 15 is 0 Å². The number of esters is 2. The molecule has 0 saturated heterocycles. The molecular weight excluding hydrogens is 252 g/mol. The van der Waals surface area contributed by atoms with Crippen LogP contribution in [0.5, 0.6) is 0 Å². The molecule has 0 aromatic heterocycles. The maximum absolute atomic E-state index is 11.2. The third kappa shape index (κ3) is 13.3. The van der Waals surface area contributed by atoms with Gasteiger partial charge in [0.05, 0.1) is 6.42 Å². The average Bonchev–Trinajstić information content (AvgIpc) is 2.30. The molecule has 6 nitrogen and oxygen atoms in total. The molecule has 0 aromatic rings. The highest BCUT2D eigenvalue weighted by Crippen LogP contribution is 2.09. The van der Waals surface area contributed by atoms with Crippen LogP contribution in [0.3, 0.4) is 0 Å². The second-order valence-electron chi connectivity index (χ2n) is 4.64. The minimum atomic E-state index is -2.90. The summed E-state index contributed by atoms with van der Waals surface area (Å²) in [5.74, 6) is -4.38. The smallest absolute Gasteiger partial charge is 0.313 e. The minimum Gasteiger partial charge on any atom is -0.393 e. The Bertz CT molecular complexity index is 269. The van der Waals surface area contributed by atoms with Crippen molar-refractivity contribution in [2.75, 3.05) is 0 Å². The highest BCUT2D eigenvalue weighted by molar-refractivity contribution is 5.85. The van der Waals surface area contributed by atoms with Crippen molar-refractivity contribution in [2.24, 2.45) is 0 Å². The van der Waals surface area contributed by atoms with Crippen molar-refractivity contribution < 1.29 is 29.6 Å². The second-order valence-corrected chi connectivity index (χ2v) is 4.64. The minimum absolute atomic E-state index is 0.181. The maximum atomic E-state index is 11.2. The van der Waals surface area contributed by atoms with Gasteiger partial charge in [-0.3, -0.25) is 9.59 Å². The molecular formula is C13H24O6. The fourth-order valence-electron chi connectivity index (χ4n) is 1.55. The number of carbonyl (C=O) groups is 2. The predicted molar refractivity (Wildman–Crippen MR) is 67.7 cm³/mol. The van der Waals surface area contributed by atoms with Crippen LogP contribution < -0.4 is 0 Å². The van der Waals surface area contributed by atoms with Crippen LogP contribution in [0.1, 0.15) is 64.7 Å². The van der Waals surface area contributed by atoms with Crippen molar-refractivity contribution >= 4 is 11.9 Å². The van der Waals surface area contributed by atoms with Gasteiger partial charge in [0, 0.05) is 12.8 Å².